The van der Waals surface area contributed by atoms with E-state index in [1.54, 1.807) is 0 Å². The molecule has 1 unspecified atom stereocenters. The highest BCUT2D eigenvalue weighted by atomic mass is 28.2. The minimum absolute atomic E-state index is 0.137. The van der Waals surface area contributed by atoms with E-state index in [1.807, 2.05) is 13.8 Å². The summed E-state index contributed by atoms with van der Waals surface area (Å²) in [6.07, 6.45) is 0. The van der Waals surface area contributed by atoms with Crippen molar-refractivity contribution in [2.45, 2.75) is 19.5 Å². The molecule has 0 aromatic rings. The summed E-state index contributed by atoms with van der Waals surface area (Å²) in [4.78, 5) is 10.3. The standard InChI is InChI=1S/C5H14N2O2Si/c1-3-9-10-4(2)7-5(6)8/h4H,3,10H2,1-2H3,(H3,6,7,8). The normalized spacial score (nSPS) is 13.8. The number of urea groups is 1. The second-order valence-electron chi connectivity index (χ2n) is 2.07. The summed E-state index contributed by atoms with van der Waals surface area (Å²) < 4.78 is 5.16. The van der Waals surface area contributed by atoms with Crippen molar-refractivity contribution in [3.8, 4) is 0 Å². The maximum absolute atomic E-state index is 10.3. The number of hydrogen-bond acceptors (Lipinski definition) is 2. The third kappa shape index (κ3) is 5.58. The van der Waals surface area contributed by atoms with Gasteiger partial charge in [-0.2, -0.15) is 0 Å². The van der Waals surface area contributed by atoms with Gasteiger partial charge < -0.3 is 15.5 Å². The zero-order chi connectivity index (χ0) is 7.98. The molecule has 0 aliphatic rings. The SMILES string of the molecule is CCO[SiH2]C(C)NC(N)=O. The first kappa shape index (κ1) is 9.45. The van der Waals surface area contributed by atoms with Crippen LogP contribution in [0, 0.1) is 0 Å². The summed E-state index contributed by atoms with van der Waals surface area (Å²) in [6.45, 7) is 4.55. The Bertz CT molecular complexity index is 110. The molecule has 4 nitrogen and oxygen atoms in total. The van der Waals surface area contributed by atoms with Gasteiger partial charge in [-0.25, -0.2) is 4.79 Å². The molecule has 0 radical (unpaired) electrons. The molecule has 0 saturated heterocycles. The third-order valence-corrected chi connectivity index (χ3v) is 2.31. The van der Waals surface area contributed by atoms with Crippen LogP contribution in [0.4, 0.5) is 4.79 Å². The van der Waals surface area contributed by atoms with E-state index in [0.29, 0.717) is 0 Å². The van der Waals surface area contributed by atoms with Gasteiger partial charge >= 0.3 is 6.03 Å². The summed E-state index contributed by atoms with van der Waals surface area (Å²) in [5.41, 5.74) is 5.02. The average molecular weight is 162 g/mol. The second kappa shape index (κ2) is 5.25. The summed E-state index contributed by atoms with van der Waals surface area (Å²) in [7, 11) is -0.619. The molecule has 0 aliphatic carbocycles. The van der Waals surface area contributed by atoms with Crippen molar-refractivity contribution >= 4 is 15.8 Å². The van der Waals surface area contributed by atoms with Crippen molar-refractivity contribution in [3.63, 3.8) is 0 Å². The number of hydrogen-bond donors (Lipinski definition) is 2. The van der Waals surface area contributed by atoms with Crippen LogP contribution in [-0.4, -0.2) is 28.1 Å². The summed E-state index contributed by atoms with van der Waals surface area (Å²) in [6, 6.07) is -0.472. The molecule has 0 heterocycles. The molecule has 0 spiro atoms. The van der Waals surface area contributed by atoms with Crippen molar-refractivity contribution in [1.29, 1.82) is 0 Å². The van der Waals surface area contributed by atoms with Gasteiger partial charge in [0.25, 0.3) is 0 Å². The number of nitrogens with two attached hydrogens (primary N) is 1. The summed E-state index contributed by atoms with van der Waals surface area (Å²) in [5, 5.41) is 2.55. The molecule has 1 atom stereocenters. The van der Waals surface area contributed by atoms with Crippen LogP contribution in [0.3, 0.4) is 0 Å². The Balaban J connectivity index is 3.25. The highest BCUT2D eigenvalue weighted by molar-refractivity contribution is 6.30. The lowest BCUT2D eigenvalue weighted by molar-refractivity contribution is 0.247. The van der Waals surface area contributed by atoms with E-state index < -0.39 is 15.8 Å². The van der Waals surface area contributed by atoms with Gasteiger partial charge in [-0.1, -0.05) is 0 Å². The minimum Gasteiger partial charge on any atom is -0.422 e. The van der Waals surface area contributed by atoms with Crippen molar-refractivity contribution in [1.82, 2.24) is 5.32 Å². The lowest BCUT2D eigenvalue weighted by Crippen LogP contribution is -2.41. The molecule has 0 aliphatic heterocycles. The number of primary amides is 1. The molecule has 5 heteroatoms. The van der Waals surface area contributed by atoms with E-state index in [-0.39, 0.29) is 5.67 Å². The van der Waals surface area contributed by atoms with Gasteiger partial charge in [0.2, 0.25) is 0 Å². The second-order valence-corrected chi connectivity index (χ2v) is 4.04. The van der Waals surface area contributed by atoms with Crippen molar-refractivity contribution < 1.29 is 9.22 Å². The molecule has 0 aromatic carbocycles. The maximum Gasteiger partial charge on any atom is 0.312 e. The molecular weight excluding hydrogens is 148 g/mol. The van der Waals surface area contributed by atoms with Gasteiger partial charge in [0.05, 0.1) is 0 Å². The van der Waals surface area contributed by atoms with Gasteiger partial charge in [0, 0.05) is 12.3 Å². The maximum atomic E-state index is 10.3. The molecule has 0 bridgehead atoms. The Hall–Kier alpha value is -0.553. The molecule has 3 N–H and O–H groups in total. The number of carbonyl (C=O) groups is 1. The highest BCUT2D eigenvalue weighted by Crippen LogP contribution is 1.78. The molecule has 2 amide bonds. The van der Waals surface area contributed by atoms with E-state index in [0.717, 1.165) is 6.61 Å². The van der Waals surface area contributed by atoms with Crippen molar-refractivity contribution in [2.75, 3.05) is 6.61 Å². The largest absolute Gasteiger partial charge is 0.422 e. The Morgan fingerprint density at radius 3 is 2.90 bits per heavy atom. The van der Waals surface area contributed by atoms with E-state index in [1.165, 1.54) is 0 Å². The van der Waals surface area contributed by atoms with Gasteiger partial charge in [0.1, 0.15) is 0 Å². The minimum atomic E-state index is -0.619. The third-order valence-electron chi connectivity index (χ3n) is 0.961. The molecule has 0 rings (SSSR count). The zero-order valence-corrected chi connectivity index (χ0v) is 7.80. The first-order valence-electron chi connectivity index (χ1n) is 3.30. The first-order chi connectivity index (χ1) is 4.66. The van der Waals surface area contributed by atoms with Gasteiger partial charge in [-0.05, 0) is 13.8 Å². The number of nitrogens with one attached hydrogen (secondary N) is 1. The quantitative estimate of drug-likeness (QED) is 0.527. The Morgan fingerprint density at radius 2 is 2.50 bits per heavy atom. The van der Waals surface area contributed by atoms with E-state index in [2.05, 4.69) is 5.32 Å². The smallest absolute Gasteiger partial charge is 0.312 e. The first-order valence-corrected chi connectivity index (χ1v) is 4.70. The van der Waals surface area contributed by atoms with E-state index in [9.17, 15) is 4.79 Å². The number of rotatable bonds is 4. The predicted molar refractivity (Wildman–Crippen MR) is 42.4 cm³/mol. The van der Waals surface area contributed by atoms with Gasteiger partial charge in [0.15, 0.2) is 9.76 Å². The average Bonchev–Trinajstić information content (AvgIpc) is 1.82. The molecule has 0 saturated carbocycles. The van der Waals surface area contributed by atoms with Crippen molar-refractivity contribution in [3.05, 3.63) is 0 Å². The van der Waals surface area contributed by atoms with Crippen LogP contribution in [0.5, 0.6) is 0 Å². The molecular formula is C5H14N2O2Si. The summed E-state index contributed by atoms with van der Waals surface area (Å²) in [5.74, 6) is 0. The topological polar surface area (TPSA) is 64.3 Å². The Kier molecular flexibility index (Phi) is 4.96. The molecule has 0 aromatic heterocycles. The lowest BCUT2D eigenvalue weighted by atomic mass is 10.7. The van der Waals surface area contributed by atoms with Crippen LogP contribution in [0.15, 0.2) is 0 Å². The van der Waals surface area contributed by atoms with Crippen LogP contribution >= 0.6 is 0 Å². The van der Waals surface area contributed by atoms with Gasteiger partial charge in [-0.3, -0.25) is 0 Å². The van der Waals surface area contributed by atoms with Crippen molar-refractivity contribution in [2.24, 2.45) is 5.73 Å². The van der Waals surface area contributed by atoms with Crippen LogP contribution in [-0.2, 0) is 4.43 Å². The van der Waals surface area contributed by atoms with Crippen LogP contribution in [0.25, 0.3) is 0 Å². The zero-order valence-electron chi connectivity index (χ0n) is 6.39. The monoisotopic (exact) mass is 162 g/mol. The molecule has 0 fully saturated rings. The molecule has 60 valence electrons. The van der Waals surface area contributed by atoms with Gasteiger partial charge in [-0.15, -0.1) is 0 Å². The summed E-state index contributed by atoms with van der Waals surface area (Å²) >= 11 is 0. The number of carbonyl (C=O) groups excluding carboxylic acids is 1. The molecule has 10 heavy (non-hydrogen) atoms. The highest BCUT2D eigenvalue weighted by Gasteiger charge is 2.02. The van der Waals surface area contributed by atoms with Crippen LogP contribution in [0.2, 0.25) is 0 Å². The fraction of sp³-hybridized carbons (Fsp3) is 0.800. The Labute approximate surface area is 63.1 Å². The van der Waals surface area contributed by atoms with E-state index in [4.69, 9.17) is 10.2 Å². The fourth-order valence-electron chi connectivity index (χ4n) is 0.579. The van der Waals surface area contributed by atoms with Crippen LogP contribution in [0.1, 0.15) is 13.8 Å². The lowest BCUT2D eigenvalue weighted by Gasteiger charge is -2.09. The van der Waals surface area contributed by atoms with Crippen LogP contribution < -0.4 is 11.1 Å². The number of amides is 2. The Morgan fingerprint density at radius 1 is 1.90 bits per heavy atom. The van der Waals surface area contributed by atoms with E-state index >= 15 is 0 Å². The predicted octanol–water partition coefficient (Wildman–Crippen LogP) is -0.879. The fourth-order valence-corrected chi connectivity index (χ4v) is 1.45.